The number of aromatic nitrogens is 4. The van der Waals surface area contributed by atoms with Crippen LogP contribution in [0, 0.1) is 0 Å². The van der Waals surface area contributed by atoms with E-state index in [0.29, 0.717) is 22.3 Å². The summed E-state index contributed by atoms with van der Waals surface area (Å²) in [5.41, 5.74) is 1.73. The lowest BCUT2D eigenvalue weighted by Gasteiger charge is -2.13. The highest BCUT2D eigenvalue weighted by Gasteiger charge is 2.31. The molecule has 0 saturated carbocycles. The number of halogens is 5. The van der Waals surface area contributed by atoms with Crippen molar-refractivity contribution >= 4 is 34.1 Å². The van der Waals surface area contributed by atoms with Crippen molar-refractivity contribution < 1.29 is 17.9 Å². The van der Waals surface area contributed by atoms with Gasteiger partial charge in [0.2, 0.25) is 0 Å². The van der Waals surface area contributed by atoms with Gasteiger partial charge in [0, 0.05) is 43.3 Å². The van der Waals surface area contributed by atoms with E-state index < -0.39 is 17.7 Å². The summed E-state index contributed by atoms with van der Waals surface area (Å²) in [4.78, 5) is 13.2. The normalized spacial score (nSPS) is 12.0. The lowest BCUT2D eigenvalue weighted by Crippen LogP contribution is -2.19. The number of hydrogen-bond donors (Lipinski definition) is 0. The van der Waals surface area contributed by atoms with Crippen LogP contribution >= 0.6 is 23.2 Å². The van der Waals surface area contributed by atoms with E-state index in [4.69, 9.17) is 23.2 Å². The van der Waals surface area contributed by atoms with Gasteiger partial charge in [0.05, 0.1) is 22.1 Å². The Morgan fingerprint density at radius 2 is 1.73 bits per heavy atom. The highest BCUT2D eigenvalue weighted by atomic mass is 35.5. The molecule has 6 nitrogen and oxygen atoms in total. The number of alkyl halides is 3. The Morgan fingerprint density at radius 3 is 2.30 bits per heavy atom. The average Bonchev–Trinajstić information content (AvgIpc) is 3.20. The van der Waals surface area contributed by atoms with Gasteiger partial charge in [-0.15, -0.1) is 13.2 Å². The van der Waals surface area contributed by atoms with Crippen molar-refractivity contribution in [2.24, 2.45) is 14.1 Å². The zero-order valence-electron chi connectivity index (χ0n) is 15.5. The van der Waals surface area contributed by atoms with Crippen molar-refractivity contribution in [1.82, 2.24) is 18.9 Å². The molecule has 3 aromatic heterocycles. The van der Waals surface area contributed by atoms with Crippen LogP contribution in [0.2, 0.25) is 10.2 Å². The summed E-state index contributed by atoms with van der Waals surface area (Å²) in [6, 6.07) is 4.95. The minimum Gasteiger partial charge on any atom is -0.406 e. The first kappa shape index (κ1) is 20.4. The van der Waals surface area contributed by atoms with Gasteiger partial charge in [-0.2, -0.15) is 5.10 Å². The monoisotopic (exact) mass is 456 g/mol. The third-order valence-electron chi connectivity index (χ3n) is 4.58. The van der Waals surface area contributed by atoms with Crippen LogP contribution in [0.4, 0.5) is 13.2 Å². The Hall–Kier alpha value is -2.91. The Labute approximate surface area is 177 Å². The minimum atomic E-state index is -4.81. The molecule has 0 atom stereocenters. The van der Waals surface area contributed by atoms with E-state index in [9.17, 15) is 18.0 Å². The lowest BCUT2D eigenvalue weighted by molar-refractivity contribution is -0.274. The molecule has 0 fully saturated rings. The van der Waals surface area contributed by atoms with Crippen LogP contribution in [-0.4, -0.2) is 25.3 Å². The fraction of sp³-hybridized carbons (Fsp3) is 0.158. The molecule has 30 heavy (non-hydrogen) atoms. The van der Waals surface area contributed by atoms with Crippen molar-refractivity contribution in [3.63, 3.8) is 0 Å². The second-order valence-electron chi connectivity index (χ2n) is 6.55. The molecule has 0 aliphatic heterocycles. The van der Waals surface area contributed by atoms with Crippen LogP contribution in [0.25, 0.3) is 27.7 Å². The first-order valence-electron chi connectivity index (χ1n) is 8.51. The minimum absolute atomic E-state index is 0.0932. The number of fused-ring (bicyclic) bond motifs is 1. The highest BCUT2D eigenvalue weighted by Crippen LogP contribution is 2.37. The zero-order valence-corrected chi connectivity index (χ0v) is 17.0. The van der Waals surface area contributed by atoms with Crippen molar-refractivity contribution in [2.75, 3.05) is 0 Å². The van der Waals surface area contributed by atoms with Crippen LogP contribution in [-0.2, 0) is 14.1 Å². The van der Waals surface area contributed by atoms with Gasteiger partial charge < -0.3 is 9.30 Å². The van der Waals surface area contributed by atoms with E-state index >= 15 is 0 Å². The third-order valence-corrected chi connectivity index (χ3v) is 5.48. The van der Waals surface area contributed by atoms with E-state index in [0.717, 1.165) is 12.1 Å². The maximum atomic E-state index is 13.2. The molecule has 156 valence electrons. The maximum absolute atomic E-state index is 13.2. The molecule has 0 bridgehead atoms. The molecule has 11 heteroatoms. The van der Waals surface area contributed by atoms with Crippen LogP contribution in [0.3, 0.4) is 0 Å². The average molecular weight is 457 g/mol. The summed E-state index contributed by atoms with van der Waals surface area (Å²) >= 11 is 12.6. The number of benzene rings is 1. The molecular formula is C19H13Cl2F3N4O2. The Morgan fingerprint density at radius 1 is 1.07 bits per heavy atom. The van der Waals surface area contributed by atoms with E-state index in [1.165, 1.54) is 16.7 Å². The van der Waals surface area contributed by atoms with Gasteiger partial charge in [0.15, 0.2) is 0 Å². The van der Waals surface area contributed by atoms with Gasteiger partial charge in [-0.05, 0) is 24.3 Å². The van der Waals surface area contributed by atoms with Gasteiger partial charge in [-0.3, -0.25) is 14.0 Å². The zero-order chi connectivity index (χ0) is 21.8. The highest BCUT2D eigenvalue weighted by molar-refractivity contribution is 6.45. The molecule has 0 amide bonds. The second kappa shape index (κ2) is 7.10. The summed E-state index contributed by atoms with van der Waals surface area (Å²) in [5.74, 6) is -0.395. The predicted molar refractivity (Wildman–Crippen MR) is 107 cm³/mol. The number of ether oxygens (including phenoxy) is 1. The summed E-state index contributed by atoms with van der Waals surface area (Å²) in [5, 5.41) is 4.64. The van der Waals surface area contributed by atoms with Crippen LogP contribution in [0.5, 0.6) is 5.75 Å². The summed E-state index contributed by atoms with van der Waals surface area (Å²) in [6.07, 6.45) is 0.157. The number of nitrogens with zero attached hydrogens (tertiary/aromatic N) is 4. The number of aryl methyl sites for hydroxylation is 2. The van der Waals surface area contributed by atoms with Gasteiger partial charge in [-0.25, -0.2) is 0 Å². The molecule has 1 aromatic carbocycles. The molecule has 3 heterocycles. The van der Waals surface area contributed by atoms with Crippen molar-refractivity contribution in [3.05, 3.63) is 63.4 Å². The summed E-state index contributed by atoms with van der Waals surface area (Å²) in [7, 11) is 3.44. The van der Waals surface area contributed by atoms with Crippen LogP contribution < -0.4 is 10.3 Å². The molecule has 0 unspecified atom stereocenters. The quantitative estimate of drug-likeness (QED) is 0.438. The molecule has 4 rings (SSSR count). The van der Waals surface area contributed by atoms with Crippen LogP contribution in [0.1, 0.15) is 0 Å². The Bertz CT molecular complexity index is 1320. The smallest absolute Gasteiger partial charge is 0.406 e. The van der Waals surface area contributed by atoms with E-state index in [1.807, 2.05) is 0 Å². The SMILES string of the molecule is Cn1cc(-c2cn(-c3ccc(OC(F)(F)F)cc3)c(=O)c3c(Cl)c(Cl)n(C)c23)cn1. The number of pyridine rings is 1. The molecule has 4 aromatic rings. The first-order valence-corrected chi connectivity index (χ1v) is 9.26. The third kappa shape index (κ3) is 3.44. The maximum Gasteiger partial charge on any atom is 0.573 e. The molecule has 0 aliphatic carbocycles. The van der Waals surface area contributed by atoms with Gasteiger partial charge in [-0.1, -0.05) is 23.2 Å². The largest absolute Gasteiger partial charge is 0.573 e. The van der Waals surface area contributed by atoms with Crippen molar-refractivity contribution in [3.8, 4) is 22.6 Å². The molecule has 0 radical (unpaired) electrons. The summed E-state index contributed by atoms with van der Waals surface area (Å²) in [6.45, 7) is 0. The molecule has 0 spiro atoms. The lowest BCUT2D eigenvalue weighted by atomic mass is 10.1. The summed E-state index contributed by atoms with van der Waals surface area (Å²) < 4.78 is 45.6. The Kier molecular flexibility index (Phi) is 4.82. The molecular weight excluding hydrogens is 444 g/mol. The van der Waals surface area contributed by atoms with E-state index in [1.54, 1.807) is 41.9 Å². The fourth-order valence-electron chi connectivity index (χ4n) is 3.27. The van der Waals surface area contributed by atoms with Gasteiger partial charge in [0.1, 0.15) is 10.9 Å². The number of rotatable bonds is 3. The van der Waals surface area contributed by atoms with Gasteiger partial charge >= 0.3 is 6.36 Å². The molecule has 0 N–H and O–H groups in total. The van der Waals surface area contributed by atoms with Crippen molar-refractivity contribution in [2.45, 2.75) is 6.36 Å². The topological polar surface area (TPSA) is 54.0 Å². The van der Waals surface area contributed by atoms with E-state index in [-0.39, 0.29) is 15.6 Å². The second-order valence-corrected chi connectivity index (χ2v) is 7.29. The predicted octanol–water partition coefficient (Wildman–Crippen LogP) is 4.94. The first-order chi connectivity index (χ1) is 14.1. The standard InChI is InChI=1S/C19H13Cl2F3N4O2/c1-26-8-10(7-25-26)13-9-28(11-3-5-12(6-4-11)30-19(22,23)24)18(29)14-15(20)17(21)27(2)16(13)14/h3-9H,1-2H3. The van der Waals surface area contributed by atoms with Crippen LogP contribution in [0.15, 0.2) is 47.7 Å². The van der Waals surface area contributed by atoms with E-state index in [2.05, 4.69) is 9.84 Å². The fourth-order valence-corrected chi connectivity index (χ4v) is 3.75. The molecule has 0 saturated heterocycles. The van der Waals surface area contributed by atoms with Crippen molar-refractivity contribution in [1.29, 1.82) is 0 Å². The van der Waals surface area contributed by atoms with Gasteiger partial charge in [0.25, 0.3) is 5.56 Å². The Balaban J connectivity index is 1.96. The molecule has 0 aliphatic rings. The number of hydrogen-bond acceptors (Lipinski definition) is 3.